The van der Waals surface area contributed by atoms with Crippen molar-refractivity contribution in [2.24, 2.45) is 5.84 Å². The van der Waals surface area contributed by atoms with Crippen molar-refractivity contribution in [3.63, 3.8) is 0 Å². The number of aromatic nitrogens is 3. The van der Waals surface area contributed by atoms with Crippen LogP contribution in [0.15, 0.2) is 12.3 Å². The van der Waals surface area contributed by atoms with Crippen LogP contribution in [-0.2, 0) is 19.4 Å². The van der Waals surface area contributed by atoms with E-state index in [1.807, 2.05) is 22.2 Å². The Balaban J connectivity index is 1.92. The number of fused-ring (bicyclic) bond motifs is 1. The third-order valence-electron chi connectivity index (χ3n) is 3.60. The van der Waals surface area contributed by atoms with Crippen molar-refractivity contribution in [2.75, 3.05) is 0 Å². The van der Waals surface area contributed by atoms with Gasteiger partial charge in [-0.15, -0.1) is 16.4 Å². The maximum absolute atomic E-state index is 5.77. The third kappa shape index (κ3) is 2.31. The molecule has 1 unspecified atom stereocenters. The van der Waals surface area contributed by atoms with E-state index in [1.54, 1.807) is 0 Å². The molecule has 2 heterocycles. The summed E-state index contributed by atoms with van der Waals surface area (Å²) < 4.78 is 1.94. The molecule has 1 aliphatic carbocycles. The van der Waals surface area contributed by atoms with Crippen LogP contribution in [0.2, 0.25) is 0 Å². The molecule has 0 amide bonds. The van der Waals surface area contributed by atoms with Crippen LogP contribution in [0, 0.1) is 0 Å². The maximum Gasteiger partial charge on any atom is 0.0986 e. The van der Waals surface area contributed by atoms with Gasteiger partial charge in [0.05, 0.1) is 17.9 Å². The van der Waals surface area contributed by atoms with Crippen molar-refractivity contribution in [2.45, 2.75) is 45.2 Å². The molecule has 0 saturated heterocycles. The zero-order valence-corrected chi connectivity index (χ0v) is 11.9. The Labute approximate surface area is 116 Å². The smallest absolute Gasteiger partial charge is 0.0986 e. The number of hydrazine groups is 1. The van der Waals surface area contributed by atoms with Gasteiger partial charge in [-0.2, -0.15) is 0 Å². The molecule has 0 radical (unpaired) electrons. The molecule has 6 heteroatoms. The number of nitrogens with two attached hydrogens (primary N) is 1. The molecule has 0 aromatic carbocycles. The van der Waals surface area contributed by atoms with E-state index >= 15 is 0 Å². The van der Waals surface area contributed by atoms with Gasteiger partial charge in [-0.25, -0.2) is 10.1 Å². The van der Waals surface area contributed by atoms with Crippen LogP contribution in [0.25, 0.3) is 0 Å². The van der Waals surface area contributed by atoms with E-state index in [1.165, 1.54) is 34.6 Å². The van der Waals surface area contributed by atoms with Crippen molar-refractivity contribution in [3.8, 4) is 0 Å². The SMILES string of the molecule is CCCn1nncc1C(NN)c1cc2c(s1)CCC2. The van der Waals surface area contributed by atoms with E-state index in [4.69, 9.17) is 5.84 Å². The highest BCUT2D eigenvalue weighted by atomic mass is 32.1. The zero-order chi connectivity index (χ0) is 13.2. The number of aryl methyl sites for hydroxylation is 3. The summed E-state index contributed by atoms with van der Waals surface area (Å²) in [6.07, 6.45) is 6.55. The second-order valence-electron chi connectivity index (χ2n) is 4.93. The Hall–Kier alpha value is -1.24. The summed E-state index contributed by atoms with van der Waals surface area (Å²) in [7, 11) is 0. The normalized spacial score (nSPS) is 15.7. The van der Waals surface area contributed by atoms with Crippen LogP contribution in [0.4, 0.5) is 0 Å². The summed E-state index contributed by atoms with van der Waals surface area (Å²) in [5, 5.41) is 8.16. The lowest BCUT2D eigenvalue weighted by atomic mass is 10.1. The molecular weight excluding hydrogens is 258 g/mol. The van der Waals surface area contributed by atoms with Crippen LogP contribution in [-0.4, -0.2) is 15.0 Å². The molecule has 3 N–H and O–H groups in total. The quantitative estimate of drug-likeness (QED) is 0.646. The van der Waals surface area contributed by atoms with Crippen LogP contribution < -0.4 is 11.3 Å². The van der Waals surface area contributed by atoms with E-state index in [2.05, 4.69) is 28.7 Å². The highest BCUT2D eigenvalue weighted by Crippen LogP contribution is 2.35. The maximum atomic E-state index is 5.77. The highest BCUT2D eigenvalue weighted by Gasteiger charge is 2.23. The second-order valence-corrected chi connectivity index (χ2v) is 6.10. The summed E-state index contributed by atoms with van der Waals surface area (Å²) in [5.41, 5.74) is 5.46. The van der Waals surface area contributed by atoms with E-state index in [9.17, 15) is 0 Å². The number of nitrogens with zero attached hydrogens (tertiary/aromatic N) is 3. The predicted octanol–water partition coefficient (Wildman–Crippen LogP) is 1.79. The lowest BCUT2D eigenvalue weighted by Crippen LogP contribution is -2.30. The zero-order valence-electron chi connectivity index (χ0n) is 11.1. The Morgan fingerprint density at radius 1 is 1.53 bits per heavy atom. The molecular formula is C13H19N5S. The molecule has 19 heavy (non-hydrogen) atoms. The number of rotatable bonds is 5. The number of hydrogen-bond acceptors (Lipinski definition) is 5. The van der Waals surface area contributed by atoms with Crippen molar-refractivity contribution < 1.29 is 0 Å². The molecule has 3 rings (SSSR count). The van der Waals surface area contributed by atoms with Crippen molar-refractivity contribution in [1.29, 1.82) is 0 Å². The Morgan fingerprint density at radius 3 is 3.16 bits per heavy atom. The topological polar surface area (TPSA) is 68.8 Å². The molecule has 1 atom stereocenters. The van der Waals surface area contributed by atoms with Gasteiger partial charge in [-0.05, 0) is 37.3 Å². The Morgan fingerprint density at radius 2 is 2.42 bits per heavy atom. The minimum absolute atomic E-state index is 0.00264. The first-order chi connectivity index (χ1) is 9.33. The van der Waals surface area contributed by atoms with Gasteiger partial charge in [-0.1, -0.05) is 12.1 Å². The van der Waals surface area contributed by atoms with Gasteiger partial charge < -0.3 is 0 Å². The van der Waals surface area contributed by atoms with Crippen LogP contribution in [0.1, 0.15) is 46.8 Å². The van der Waals surface area contributed by atoms with Crippen molar-refractivity contribution >= 4 is 11.3 Å². The van der Waals surface area contributed by atoms with E-state index < -0.39 is 0 Å². The van der Waals surface area contributed by atoms with Gasteiger partial charge in [0, 0.05) is 16.3 Å². The van der Waals surface area contributed by atoms with Gasteiger partial charge in [0.15, 0.2) is 0 Å². The molecule has 2 aromatic rings. The minimum atomic E-state index is -0.00264. The predicted molar refractivity (Wildman–Crippen MR) is 75.8 cm³/mol. The fourth-order valence-corrected chi connectivity index (χ4v) is 4.01. The standard InChI is InChI=1S/C13H19N5S/c1-2-6-18-10(8-15-17-18)13(16-14)12-7-9-4-3-5-11(9)19-12/h7-8,13,16H,2-6,14H2,1H3. The molecule has 0 spiro atoms. The highest BCUT2D eigenvalue weighted by molar-refractivity contribution is 7.12. The second kappa shape index (κ2) is 5.40. The van der Waals surface area contributed by atoms with Crippen molar-refractivity contribution in [1.82, 2.24) is 20.4 Å². The average Bonchev–Trinajstić information content (AvgIpc) is 3.07. The molecule has 5 nitrogen and oxygen atoms in total. The molecule has 0 bridgehead atoms. The van der Waals surface area contributed by atoms with E-state index in [-0.39, 0.29) is 6.04 Å². The van der Waals surface area contributed by atoms with Gasteiger partial charge in [-0.3, -0.25) is 5.84 Å². The van der Waals surface area contributed by atoms with Gasteiger partial charge >= 0.3 is 0 Å². The van der Waals surface area contributed by atoms with Gasteiger partial charge in [0.2, 0.25) is 0 Å². The molecule has 102 valence electrons. The molecule has 1 aliphatic rings. The fraction of sp³-hybridized carbons (Fsp3) is 0.538. The number of nitrogens with one attached hydrogen (secondary N) is 1. The lowest BCUT2D eigenvalue weighted by Gasteiger charge is -2.15. The van der Waals surface area contributed by atoms with Gasteiger partial charge in [0.1, 0.15) is 0 Å². The number of thiophene rings is 1. The van der Waals surface area contributed by atoms with E-state index in [0.29, 0.717) is 0 Å². The number of hydrogen-bond donors (Lipinski definition) is 2. The molecule has 0 fully saturated rings. The summed E-state index contributed by atoms with van der Waals surface area (Å²) in [6.45, 7) is 3.01. The first-order valence-corrected chi connectivity index (χ1v) is 7.61. The summed E-state index contributed by atoms with van der Waals surface area (Å²) in [6, 6.07) is 2.29. The van der Waals surface area contributed by atoms with Crippen molar-refractivity contribution in [3.05, 3.63) is 33.3 Å². The fourth-order valence-electron chi connectivity index (χ4n) is 2.68. The van der Waals surface area contributed by atoms with Gasteiger partial charge in [0.25, 0.3) is 0 Å². The minimum Gasteiger partial charge on any atom is -0.270 e. The Kier molecular flexibility index (Phi) is 3.63. The Bertz CT molecular complexity index is 538. The molecule has 0 aliphatic heterocycles. The van der Waals surface area contributed by atoms with Crippen LogP contribution in [0.3, 0.4) is 0 Å². The monoisotopic (exact) mass is 277 g/mol. The summed E-state index contributed by atoms with van der Waals surface area (Å²) in [5.74, 6) is 5.77. The van der Waals surface area contributed by atoms with Crippen LogP contribution in [0.5, 0.6) is 0 Å². The largest absolute Gasteiger partial charge is 0.270 e. The van der Waals surface area contributed by atoms with Crippen LogP contribution >= 0.6 is 11.3 Å². The summed E-state index contributed by atoms with van der Waals surface area (Å²) >= 11 is 1.87. The third-order valence-corrected chi connectivity index (χ3v) is 4.90. The van der Waals surface area contributed by atoms with E-state index in [0.717, 1.165) is 18.7 Å². The lowest BCUT2D eigenvalue weighted by molar-refractivity contribution is 0.515. The molecule has 2 aromatic heterocycles. The first-order valence-electron chi connectivity index (χ1n) is 6.79. The summed E-state index contributed by atoms with van der Waals surface area (Å²) in [4.78, 5) is 2.79. The average molecular weight is 277 g/mol. The molecule has 0 saturated carbocycles. The first kappa shape index (κ1) is 12.8.